The van der Waals surface area contributed by atoms with Crippen LogP contribution in [-0.4, -0.2) is 16.6 Å². The molecule has 1 aliphatic carbocycles. The van der Waals surface area contributed by atoms with Crippen molar-refractivity contribution in [1.29, 1.82) is 0 Å². The first-order valence-corrected chi connectivity index (χ1v) is 7.56. The van der Waals surface area contributed by atoms with Gasteiger partial charge in [-0.05, 0) is 50.3 Å². The van der Waals surface area contributed by atoms with E-state index in [0.29, 0.717) is 12.5 Å². The van der Waals surface area contributed by atoms with Crippen LogP contribution in [0, 0.1) is 5.92 Å². The number of guanidine groups is 1. The lowest BCUT2D eigenvalue weighted by Crippen LogP contribution is -2.68. The predicted molar refractivity (Wildman–Crippen MR) is 84.3 cm³/mol. The highest BCUT2D eigenvalue weighted by atomic mass is 15.3. The summed E-state index contributed by atoms with van der Waals surface area (Å²) in [6.45, 7) is 4.71. The third kappa shape index (κ3) is 2.65. The Bertz CT molecular complexity index is 574. The van der Waals surface area contributed by atoms with E-state index in [-0.39, 0.29) is 0 Å². The van der Waals surface area contributed by atoms with Crippen LogP contribution in [0.3, 0.4) is 0 Å². The summed E-state index contributed by atoms with van der Waals surface area (Å²) < 4.78 is 0. The predicted octanol–water partition coefficient (Wildman–Crippen LogP) is 1.88. The molecule has 0 aromatic carbocycles. The Morgan fingerprint density at radius 3 is 2.81 bits per heavy atom. The number of nitrogens with zero attached hydrogens (tertiary/aromatic N) is 2. The normalized spacial score (nSPS) is 28.0. The zero-order valence-corrected chi connectivity index (χ0v) is 12.7. The minimum Gasteiger partial charge on any atom is -0.334 e. The molecule has 0 spiro atoms. The van der Waals surface area contributed by atoms with Gasteiger partial charge in [0.2, 0.25) is 0 Å². The lowest BCUT2D eigenvalue weighted by molar-refractivity contribution is 0.177. The lowest BCUT2D eigenvalue weighted by Gasteiger charge is -2.47. The molecule has 0 saturated heterocycles. The standard InChI is InChI=1S/C16H23N5/c1-11-12(2)20-15(19-10-14-8-3-4-9-18-14)21-16(11,17)13-6-5-7-13/h3-4,8-9,13H,5-7,10,17H2,1-2H3,(H2,19,20,21). The van der Waals surface area contributed by atoms with Gasteiger partial charge in [0.15, 0.2) is 5.96 Å². The van der Waals surface area contributed by atoms with Gasteiger partial charge >= 0.3 is 0 Å². The molecule has 4 N–H and O–H groups in total. The second kappa shape index (κ2) is 5.48. The van der Waals surface area contributed by atoms with E-state index in [1.54, 1.807) is 6.20 Å². The van der Waals surface area contributed by atoms with Gasteiger partial charge in [-0.1, -0.05) is 12.5 Å². The second-order valence-corrected chi connectivity index (χ2v) is 5.98. The minimum absolute atomic E-state index is 0.462. The number of nitrogens with one attached hydrogen (secondary N) is 2. The van der Waals surface area contributed by atoms with Crippen LogP contribution in [0.25, 0.3) is 0 Å². The van der Waals surface area contributed by atoms with Crippen molar-refractivity contribution >= 4 is 5.96 Å². The minimum atomic E-state index is -0.462. The number of aliphatic imine (C=N–C) groups is 1. The van der Waals surface area contributed by atoms with Gasteiger partial charge in [0.05, 0.1) is 12.2 Å². The average Bonchev–Trinajstić information content (AvgIpc) is 2.41. The third-order valence-corrected chi connectivity index (χ3v) is 4.69. The Labute approximate surface area is 125 Å². The quantitative estimate of drug-likeness (QED) is 0.792. The summed E-state index contributed by atoms with van der Waals surface area (Å²) in [6.07, 6.45) is 5.42. The number of pyridine rings is 1. The fraction of sp³-hybridized carbons (Fsp3) is 0.500. The SMILES string of the molecule is CC1=C(C)C(N)(C2CCC2)NC(=NCc2ccccn2)N1. The molecular formula is C16H23N5. The molecule has 5 heteroatoms. The van der Waals surface area contributed by atoms with Crippen LogP contribution in [0.5, 0.6) is 0 Å². The molecule has 112 valence electrons. The molecule has 1 aliphatic heterocycles. The van der Waals surface area contributed by atoms with Crippen molar-refractivity contribution in [2.24, 2.45) is 16.6 Å². The van der Waals surface area contributed by atoms with E-state index in [9.17, 15) is 0 Å². The third-order valence-electron chi connectivity index (χ3n) is 4.69. The molecule has 5 nitrogen and oxygen atoms in total. The van der Waals surface area contributed by atoms with Crippen molar-refractivity contribution in [2.45, 2.75) is 45.3 Å². The molecule has 1 saturated carbocycles. The molecule has 1 atom stereocenters. The van der Waals surface area contributed by atoms with E-state index in [1.807, 2.05) is 18.2 Å². The number of aromatic nitrogens is 1. The van der Waals surface area contributed by atoms with Gasteiger partial charge in [-0.25, -0.2) is 4.99 Å². The van der Waals surface area contributed by atoms with Gasteiger partial charge in [0, 0.05) is 11.9 Å². The summed E-state index contributed by atoms with van der Waals surface area (Å²) >= 11 is 0. The average molecular weight is 285 g/mol. The van der Waals surface area contributed by atoms with Gasteiger partial charge in [-0.2, -0.15) is 0 Å². The Morgan fingerprint density at radius 1 is 1.38 bits per heavy atom. The maximum Gasteiger partial charge on any atom is 0.197 e. The monoisotopic (exact) mass is 285 g/mol. The highest BCUT2D eigenvalue weighted by molar-refractivity contribution is 5.84. The van der Waals surface area contributed by atoms with Gasteiger partial charge in [0.1, 0.15) is 5.66 Å². The Balaban J connectivity index is 1.79. The first kappa shape index (κ1) is 14.1. The maximum absolute atomic E-state index is 6.65. The number of rotatable bonds is 3. The van der Waals surface area contributed by atoms with E-state index in [1.165, 1.54) is 24.8 Å². The molecule has 0 bridgehead atoms. The highest BCUT2D eigenvalue weighted by Gasteiger charge is 2.43. The Hall–Kier alpha value is -1.88. The van der Waals surface area contributed by atoms with Crippen LogP contribution in [0.2, 0.25) is 0 Å². The summed E-state index contributed by atoms with van der Waals surface area (Å²) in [5.74, 6) is 1.24. The van der Waals surface area contributed by atoms with Gasteiger partial charge < -0.3 is 16.4 Å². The molecule has 1 aromatic rings. The van der Waals surface area contributed by atoms with Crippen molar-refractivity contribution in [1.82, 2.24) is 15.6 Å². The highest BCUT2D eigenvalue weighted by Crippen LogP contribution is 2.38. The fourth-order valence-corrected chi connectivity index (χ4v) is 2.91. The Morgan fingerprint density at radius 2 is 2.19 bits per heavy atom. The van der Waals surface area contributed by atoms with Crippen LogP contribution in [0.15, 0.2) is 40.7 Å². The topological polar surface area (TPSA) is 75.3 Å². The number of hydrogen-bond donors (Lipinski definition) is 3. The van der Waals surface area contributed by atoms with Crippen LogP contribution in [0.1, 0.15) is 38.8 Å². The first-order chi connectivity index (χ1) is 10.1. The Kier molecular flexibility index (Phi) is 3.68. The molecule has 1 unspecified atom stereocenters. The van der Waals surface area contributed by atoms with Crippen molar-refractivity contribution in [3.8, 4) is 0 Å². The molecule has 0 radical (unpaired) electrons. The smallest absolute Gasteiger partial charge is 0.197 e. The summed E-state index contributed by atoms with van der Waals surface area (Å²) in [7, 11) is 0. The zero-order valence-electron chi connectivity index (χ0n) is 12.7. The molecular weight excluding hydrogens is 262 g/mol. The molecule has 2 heterocycles. The van der Waals surface area contributed by atoms with E-state index >= 15 is 0 Å². The first-order valence-electron chi connectivity index (χ1n) is 7.56. The van der Waals surface area contributed by atoms with E-state index in [0.717, 1.165) is 17.4 Å². The van der Waals surface area contributed by atoms with E-state index in [2.05, 4.69) is 34.5 Å². The maximum atomic E-state index is 6.65. The van der Waals surface area contributed by atoms with Crippen LogP contribution in [-0.2, 0) is 6.54 Å². The largest absolute Gasteiger partial charge is 0.334 e. The van der Waals surface area contributed by atoms with Gasteiger partial charge in [0.25, 0.3) is 0 Å². The lowest BCUT2D eigenvalue weighted by atomic mass is 9.72. The van der Waals surface area contributed by atoms with E-state index in [4.69, 9.17) is 5.73 Å². The molecule has 3 rings (SSSR count). The summed E-state index contributed by atoms with van der Waals surface area (Å²) in [5.41, 5.74) is 9.42. The number of hydrogen-bond acceptors (Lipinski definition) is 3. The van der Waals surface area contributed by atoms with Crippen molar-refractivity contribution in [2.75, 3.05) is 0 Å². The molecule has 2 aliphatic rings. The van der Waals surface area contributed by atoms with Crippen LogP contribution < -0.4 is 16.4 Å². The summed E-state index contributed by atoms with van der Waals surface area (Å²) in [6, 6.07) is 5.86. The molecule has 0 amide bonds. The molecule has 21 heavy (non-hydrogen) atoms. The summed E-state index contributed by atoms with van der Waals surface area (Å²) in [5, 5.41) is 6.72. The van der Waals surface area contributed by atoms with E-state index < -0.39 is 5.66 Å². The van der Waals surface area contributed by atoms with Crippen LogP contribution >= 0.6 is 0 Å². The van der Waals surface area contributed by atoms with Crippen molar-refractivity contribution < 1.29 is 0 Å². The van der Waals surface area contributed by atoms with Crippen molar-refractivity contribution in [3.63, 3.8) is 0 Å². The van der Waals surface area contributed by atoms with Gasteiger partial charge in [-0.15, -0.1) is 0 Å². The fourth-order valence-electron chi connectivity index (χ4n) is 2.91. The summed E-state index contributed by atoms with van der Waals surface area (Å²) in [4.78, 5) is 8.88. The zero-order chi connectivity index (χ0) is 14.9. The molecule has 1 aromatic heterocycles. The van der Waals surface area contributed by atoms with Crippen molar-refractivity contribution in [3.05, 3.63) is 41.4 Å². The number of allylic oxidation sites excluding steroid dienone is 1. The molecule has 1 fully saturated rings. The second-order valence-electron chi connectivity index (χ2n) is 5.98. The number of nitrogens with two attached hydrogens (primary N) is 1. The van der Waals surface area contributed by atoms with Crippen LogP contribution in [0.4, 0.5) is 0 Å². The van der Waals surface area contributed by atoms with Gasteiger partial charge in [-0.3, -0.25) is 4.98 Å².